The largest absolute Gasteiger partial charge is 0.457 e. The molecule has 1 heterocycles. The summed E-state index contributed by atoms with van der Waals surface area (Å²) in [5, 5.41) is 9.37. The van der Waals surface area contributed by atoms with E-state index < -0.39 is 17.7 Å². The Hall–Kier alpha value is -4.57. The maximum Gasteiger partial charge on any atom is 0.327 e. The standard InChI is InChI=1S/C28H29F2N5O3/c1-17(28(2,3)4)12-25(33-21-14-18(29)13-19(30)15-21)35-27(37)34-20-6-8-22(9-7-20)38-23-10-11-32-24(16-23)26(36)31-5/h6-16,33H,1H2,2-5H3,(H,31,36)(H2,34,35,37)/p+1/b25-12+. The number of carbonyl (C=O) groups is 2. The normalized spacial score (nSPS) is 11.5. The number of hydrogen-bond acceptors (Lipinski definition) is 4. The van der Waals surface area contributed by atoms with Gasteiger partial charge in [0.05, 0.1) is 0 Å². The van der Waals surface area contributed by atoms with Gasteiger partial charge in [-0.1, -0.05) is 27.4 Å². The monoisotopic (exact) mass is 522 g/mol. The number of nitrogens with zero attached hydrogens (tertiary/aromatic N) is 1. The van der Waals surface area contributed by atoms with Crippen LogP contribution in [-0.4, -0.2) is 24.0 Å². The second-order valence-electron chi connectivity index (χ2n) is 9.38. The molecular weight excluding hydrogens is 492 g/mol. The van der Waals surface area contributed by atoms with Crippen LogP contribution in [0.3, 0.4) is 0 Å². The predicted molar refractivity (Wildman–Crippen MR) is 141 cm³/mol. The van der Waals surface area contributed by atoms with Crippen LogP contribution in [0.15, 0.2) is 84.8 Å². The van der Waals surface area contributed by atoms with Gasteiger partial charge in [-0.3, -0.25) is 20.4 Å². The van der Waals surface area contributed by atoms with E-state index in [1.807, 2.05) is 20.8 Å². The van der Waals surface area contributed by atoms with Gasteiger partial charge < -0.3 is 15.4 Å². The van der Waals surface area contributed by atoms with Crippen molar-refractivity contribution in [2.45, 2.75) is 20.8 Å². The van der Waals surface area contributed by atoms with Gasteiger partial charge in [-0.15, -0.1) is 0 Å². The Labute approximate surface area is 219 Å². The van der Waals surface area contributed by atoms with E-state index in [9.17, 15) is 18.4 Å². The van der Waals surface area contributed by atoms with Crippen LogP contribution in [0, 0.1) is 17.0 Å². The Morgan fingerprint density at radius 1 is 1.00 bits per heavy atom. The number of urea groups is 1. The average molecular weight is 523 g/mol. The van der Waals surface area contributed by atoms with Gasteiger partial charge in [0.1, 0.15) is 34.5 Å². The lowest BCUT2D eigenvalue weighted by molar-refractivity contribution is -0.522. The number of nitrogens with two attached hydrogens (primary N) is 1. The van der Waals surface area contributed by atoms with Crippen LogP contribution < -0.4 is 26.0 Å². The topological polar surface area (TPSA) is 109 Å². The molecular formula is C28H30F2N5O3+. The molecule has 38 heavy (non-hydrogen) atoms. The van der Waals surface area contributed by atoms with Crippen molar-refractivity contribution in [2.75, 3.05) is 12.4 Å². The number of pyridine rings is 1. The number of carbonyl (C=O) groups excluding carboxylic acids is 2. The van der Waals surface area contributed by atoms with E-state index >= 15 is 0 Å². The predicted octanol–water partition coefficient (Wildman–Crippen LogP) is 4.97. The molecule has 3 aromatic rings. The number of hydrogen-bond donors (Lipinski definition) is 4. The molecule has 198 valence electrons. The molecule has 10 heteroatoms. The van der Waals surface area contributed by atoms with Crippen LogP contribution in [-0.2, 0) is 0 Å². The smallest absolute Gasteiger partial charge is 0.327 e. The number of ether oxygens (including phenoxy) is 1. The summed E-state index contributed by atoms with van der Waals surface area (Å²) in [5.41, 5.74) is 1.35. The zero-order valence-corrected chi connectivity index (χ0v) is 21.6. The quantitative estimate of drug-likeness (QED) is 0.247. The van der Waals surface area contributed by atoms with E-state index in [-0.39, 0.29) is 22.7 Å². The summed E-state index contributed by atoms with van der Waals surface area (Å²) in [6.07, 6.45) is 3.12. The molecule has 5 N–H and O–H groups in total. The Morgan fingerprint density at radius 2 is 1.66 bits per heavy atom. The van der Waals surface area contributed by atoms with Gasteiger partial charge in [0.2, 0.25) is 5.82 Å². The maximum absolute atomic E-state index is 13.7. The van der Waals surface area contributed by atoms with E-state index in [1.54, 1.807) is 36.4 Å². The minimum absolute atomic E-state index is 0.218. The van der Waals surface area contributed by atoms with Crippen molar-refractivity contribution < 1.29 is 28.4 Å². The molecule has 0 aliphatic rings. The molecule has 1 aromatic heterocycles. The third-order valence-corrected chi connectivity index (χ3v) is 5.30. The van der Waals surface area contributed by atoms with Crippen LogP contribution >= 0.6 is 0 Å². The Kier molecular flexibility index (Phi) is 8.93. The first-order valence-corrected chi connectivity index (χ1v) is 11.7. The highest BCUT2D eigenvalue weighted by Gasteiger charge is 2.18. The molecule has 3 rings (SSSR count). The molecule has 0 aliphatic carbocycles. The summed E-state index contributed by atoms with van der Waals surface area (Å²) in [6.45, 7) is 9.92. The first-order valence-electron chi connectivity index (χ1n) is 11.7. The van der Waals surface area contributed by atoms with Crippen LogP contribution in [0.2, 0.25) is 0 Å². The fourth-order valence-corrected chi connectivity index (χ4v) is 3.12. The van der Waals surface area contributed by atoms with Gasteiger partial charge in [-0.05, 0) is 41.3 Å². The molecule has 2 aromatic carbocycles. The highest BCUT2D eigenvalue weighted by atomic mass is 19.1. The van der Waals surface area contributed by atoms with E-state index in [0.717, 1.165) is 18.2 Å². The Balaban J connectivity index is 1.70. The number of halogens is 2. The van der Waals surface area contributed by atoms with E-state index in [0.29, 0.717) is 28.6 Å². The van der Waals surface area contributed by atoms with Gasteiger partial charge in [0.25, 0.3) is 5.91 Å². The van der Waals surface area contributed by atoms with Crippen LogP contribution in [0.5, 0.6) is 11.5 Å². The minimum atomic E-state index is -0.728. The molecule has 0 unspecified atom stereocenters. The molecule has 3 amide bonds. The van der Waals surface area contributed by atoms with Gasteiger partial charge >= 0.3 is 6.03 Å². The zero-order valence-electron chi connectivity index (χ0n) is 21.6. The molecule has 0 aliphatic heterocycles. The molecule has 0 fully saturated rings. The van der Waals surface area contributed by atoms with Gasteiger partial charge in [-0.2, -0.15) is 0 Å². The van der Waals surface area contributed by atoms with Crippen molar-refractivity contribution in [3.63, 3.8) is 0 Å². The number of aromatic nitrogens is 1. The SMILES string of the molecule is C=C(/C=C(/NC(=O)Nc1ccc(Oc2ccnc(C(=O)NC)c2)cc1)[NH2+]c1cc(F)cc(F)c1)C(C)(C)C. The number of nitrogens with one attached hydrogen (secondary N) is 3. The second-order valence-corrected chi connectivity index (χ2v) is 9.38. The number of amides is 3. The highest BCUT2D eigenvalue weighted by Crippen LogP contribution is 2.25. The van der Waals surface area contributed by atoms with Crippen molar-refractivity contribution in [1.82, 2.24) is 15.6 Å². The van der Waals surface area contributed by atoms with Crippen molar-refractivity contribution in [2.24, 2.45) is 5.41 Å². The molecule has 0 spiro atoms. The van der Waals surface area contributed by atoms with E-state index in [2.05, 4.69) is 27.5 Å². The average Bonchev–Trinajstić information content (AvgIpc) is 2.83. The number of rotatable bonds is 8. The highest BCUT2D eigenvalue weighted by molar-refractivity contribution is 5.92. The third kappa shape index (κ3) is 8.24. The summed E-state index contributed by atoms with van der Waals surface area (Å²) >= 11 is 0. The minimum Gasteiger partial charge on any atom is -0.457 e. The number of quaternary nitrogens is 1. The summed E-state index contributed by atoms with van der Waals surface area (Å²) in [4.78, 5) is 28.5. The fraction of sp³-hybridized carbons (Fsp3) is 0.179. The van der Waals surface area contributed by atoms with Crippen molar-refractivity contribution in [3.8, 4) is 11.5 Å². The molecule has 0 bridgehead atoms. The maximum atomic E-state index is 13.7. The lowest BCUT2D eigenvalue weighted by Gasteiger charge is -2.19. The van der Waals surface area contributed by atoms with E-state index in [4.69, 9.17) is 4.74 Å². The van der Waals surface area contributed by atoms with Crippen molar-refractivity contribution in [3.05, 3.63) is 102 Å². The van der Waals surface area contributed by atoms with Crippen molar-refractivity contribution in [1.29, 1.82) is 0 Å². The fourth-order valence-electron chi connectivity index (χ4n) is 3.12. The van der Waals surface area contributed by atoms with Gasteiger partial charge in [0.15, 0.2) is 0 Å². The third-order valence-electron chi connectivity index (χ3n) is 5.30. The summed E-state index contributed by atoms with van der Waals surface area (Å²) in [5.74, 6) is -0.580. The molecule has 0 saturated heterocycles. The summed E-state index contributed by atoms with van der Waals surface area (Å²) in [6, 6.07) is 12.2. The summed E-state index contributed by atoms with van der Waals surface area (Å²) in [7, 11) is 1.51. The lowest BCUT2D eigenvalue weighted by atomic mass is 9.87. The molecule has 0 saturated carbocycles. The molecule has 0 radical (unpaired) electrons. The lowest BCUT2D eigenvalue weighted by Crippen LogP contribution is -2.79. The molecule has 0 atom stereocenters. The molecule has 8 nitrogen and oxygen atoms in total. The number of anilines is 1. The van der Waals surface area contributed by atoms with Crippen LogP contribution in [0.4, 0.5) is 25.0 Å². The number of benzene rings is 2. The second kappa shape index (κ2) is 12.1. The van der Waals surface area contributed by atoms with Crippen LogP contribution in [0.25, 0.3) is 0 Å². The number of allylic oxidation sites excluding steroid dienone is 2. The Morgan fingerprint density at radius 3 is 2.26 bits per heavy atom. The van der Waals surface area contributed by atoms with Gasteiger partial charge in [0, 0.05) is 49.3 Å². The van der Waals surface area contributed by atoms with E-state index in [1.165, 1.54) is 24.6 Å². The first-order chi connectivity index (χ1) is 17.9. The Bertz CT molecular complexity index is 1350. The van der Waals surface area contributed by atoms with Crippen molar-refractivity contribution >= 4 is 23.3 Å². The van der Waals surface area contributed by atoms with Crippen LogP contribution in [0.1, 0.15) is 31.3 Å². The first kappa shape index (κ1) is 28.0. The zero-order chi connectivity index (χ0) is 27.9. The summed E-state index contributed by atoms with van der Waals surface area (Å²) < 4.78 is 33.2. The van der Waals surface area contributed by atoms with Gasteiger partial charge in [-0.25, -0.2) is 13.6 Å².